The average molecular weight is 371 g/mol. The van der Waals surface area contributed by atoms with Crippen LogP contribution in [0.2, 0.25) is 5.02 Å². The Kier molecular flexibility index (Phi) is 4.66. The Morgan fingerprint density at radius 1 is 1.23 bits per heavy atom. The molecule has 4 rings (SSSR count). The summed E-state index contributed by atoms with van der Waals surface area (Å²) in [7, 11) is 0. The van der Waals surface area contributed by atoms with Gasteiger partial charge < -0.3 is 14.1 Å². The van der Waals surface area contributed by atoms with E-state index in [1.54, 1.807) is 11.1 Å². The standard InChI is InChI=1S/C20H19ClN2O3/c1-2-16-10-15-9-14(11-17(21)19(15)26-16)18-4-3-13(12-22-18)20(24)23-5-7-25-8-6-23/h3-4,9-12H,2,5-8H2,1H3. The third-order valence-corrected chi connectivity index (χ3v) is 4.86. The van der Waals surface area contributed by atoms with Crippen LogP contribution < -0.4 is 0 Å². The Morgan fingerprint density at radius 3 is 2.73 bits per heavy atom. The monoisotopic (exact) mass is 370 g/mol. The fraction of sp³-hybridized carbons (Fsp3) is 0.300. The number of hydrogen-bond acceptors (Lipinski definition) is 4. The van der Waals surface area contributed by atoms with Gasteiger partial charge in [0.25, 0.3) is 5.91 Å². The summed E-state index contributed by atoms with van der Waals surface area (Å²) in [6.45, 7) is 4.44. The minimum atomic E-state index is -0.0109. The maximum Gasteiger partial charge on any atom is 0.255 e. The lowest BCUT2D eigenvalue weighted by Crippen LogP contribution is -2.40. The number of aryl methyl sites for hydroxylation is 1. The quantitative estimate of drug-likeness (QED) is 0.694. The van der Waals surface area contributed by atoms with E-state index in [0.29, 0.717) is 42.5 Å². The van der Waals surface area contributed by atoms with Crippen molar-refractivity contribution in [3.63, 3.8) is 0 Å². The van der Waals surface area contributed by atoms with Gasteiger partial charge in [0, 0.05) is 36.7 Å². The summed E-state index contributed by atoms with van der Waals surface area (Å²) in [4.78, 5) is 18.8. The van der Waals surface area contributed by atoms with Gasteiger partial charge in [-0.1, -0.05) is 18.5 Å². The summed E-state index contributed by atoms with van der Waals surface area (Å²) >= 11 is 6.37. The molecule has 1 fully saturated rings. The number of fused-ring (bicyclic) bond motifs is 1. The molecule has 5 nitrogen and oxygen atoms in total. The summed E-state index contributed by atoms with van der Waals surface area (Å²) in [6, 6.07) is 9.52. The number of carbonyl (C=O) groups excluding carboxylic acids is 1. The highest BCUT2D eigenvalue weighted by atomic mass is 35.5. The van der Waals surface area contributed by atoms with Crippen LogP contribution in [0.1, 0.15) is 23.0 Å². The SMILES string of the molecule is CCc1cc2cc(-c3ccc(C(=O)N4CCOCC4)cn3)cc(Cl)c2o1. The molecule has 1 aliphatic rings. The summed E-state index contributed by atoms with van der Waals surface area (Å²) in [5, 5.41) is 1.52. The number of carbonyl (C=O) groups is 1. The van der Waals surface area contributed by atoms with Gasteiger partial charge in [-0.15, -0.1) is 0 Å². The van der Waals surface area contributed by atoms with Crippen LogP contribution in [0.5, 0.6) is 0 Å². The Hall–Kier alpha value is -2.37. The molecule has 0 atom stereocenters. The largest absolute Gasteiger partial charge is 0.460 e. The van der Waals surface area contributed by atoms with Gasteiger partial charge in [-0.2, -0.15) is 0 Å². The van der Waals surface area contributed by atoms with Crippen LogP contribution in [0.4, 0.5) is 0 Å². The van der Waals surface area contributed by atoms with Crippen molar-refractivity contribution in [1.82, 2.24) is 9.88 Å². The number of hydrogen-bond donors (Lipinski definition) is 0. The minimum Gasteiger partial charge on any atom is -0.460 e. The zero-order valence-corrected chi connectivity index (χ0v) is 15.3. The van der Waals surface area contributed by atoms with Gasteiger partial charge in [0.15, 0.2) is 5.58 Å². The fourth-order valence-corrected chi connectivity index (χ4v) is 3.39. The maximum absolute atomic E-state index is 12.5. The van der Waals surface area contributed by atoms with E-state index in [4.69, 9.17) is 20.8 Å². The number of rotatable bonds is 3. The lowest BCUT2D eigenvalue weighted by atomic mass is 10.1. The second-order valence-electron chi connectivity index (χ2n) is 6.28. The molecule has 3 heterocycles. The first-order valence-electron chi connectivity index (χ1n) is 8.71. The Labute approximate surface area is 156 Å². The van der Waals surface area contributed by atoms with Crippen molar-refractivity contribution < 1.29 is 13.9 Å². The molecule has 0 radical (unpaired) electrons. The molecule has 0 N–H and O–H groups in total. The Balaban J connectivity index is 1.62. The first-order valence-corrected chi connectivity index (χ1v) is 9.09. The zero-order chi connectivity index (χ0) is 18.1. The molecule has 1 amide bonds. The van der Waals surface area contributed by atoms with E-state index in [0.717, 1.165) is 28.8 Å². The normalized spacial score (nSPS) is 14.8. The molecule has 2 aromatic heterocycles. The van der Waals surface area contributed by atoms with Crippen LogP contribution in [0.3, 0.4) is 0 Å². The van der Waals surface area contributed by atoms with Crippen molar-refractivity contribution >= 4 is 28.5 Å². The fourth-order valence-electron chi connectivity index (χ4n) is 3.13. The maximum atomic E-state index is 12.5. The van der Waals surface area contributed by atoms with Gasteiger partial charge in [-0.25, -0.2) is 0 Å². The lowest BCUT2D eigenvalue weighted by molar-refractivity contribution is 0.0302. The predicted octanol–water partition coefficient (Wildman–Crippen LogP) is 4.18. The number of ether oxygens (including phenoxy) is 1. The third-order valence-electron chi connectivity index (χ3n) is 4.57. The zero-order valence-electron chi connectivity index (χ0n) is 14.5. The first-order chi connectivity index (χ1) is 12.7. The average Bonchev–Trinajstić information content (AvgIpc) is 3.12. The van der Waals surface area contributed by atoms with Crippen LogP contribution in [-0.2, 0) is 11.2 Å². The number of pyridine rings is 1. The van der Waals surface area contributed by atoms with Crippen LogP contribution >= 0.6 is 11.6 Å². The van der Waals surface area contributed by atoms with E-state index in [1.807, 2.05) is 37.3 Å². The molecule has 0 saturated carbocycles. The topological polar surface area (TPSA) is 55.6 Å². The molecule has 0 aliphatic carbocycles. The molecule has 0 unspecified atom stereocenters. The summed E-state index contributed by atoms with van der Waals surface area (Å²) in [5.41, 5.74) is 2.95. The molecular weight excluding hydrogens is 352 g/mol. The number of nitrogens with zero attached hydrogens (tertiary/aromatic N) is 2. The van der Waals surface area contributed by atoms with Gasteiger partial charge in [-0.05, 0) is 30.3 Å². The van der Waals surface area contributed by atoms with Crippen LogP contribution in [0.25, 0.3) is 22.2 Å². The molecule has 134 valence electrons. The van der Waals surface area contributed by atoms with Gasteiger partial charge in [0.05, 0.1) is 29.5 Å². The van der Waals surface area contributed by atoms with Crippen LogP contribution in [0.15, 0.2) is 40.9 Å². The van der Waals surface area contributed by atoms with Crippen molar-refractivity contribution in [2.45, 2.75) is 13.3 Å². The number of morpholine rings is 1. The highest BCUT2D eigenvalue weighted by Gasteiger charge is 2.19. The minimum absolute atomic E-state index is 0.0109. The van der Waals surface area contributed by atoms with Gasteiger partial charge in [-0.3, -0.25) is 9.78 Å². The molecule has 1 aliphatic heterocycles. The lowest BCUT2D eigenvalue weighted by Gasteiger charge is -2.26. The van der Waals surface area contributed by atoms with Crippen LogP contribution in [-0.4, -0.2) is 42.1 Å². The molecule has 1 saturated heterocycles. The van der Waals surface area contributed by atoms with E-state index in [-0.39, 0.29) is 5.91 Å². The smallest absolute Gasteiger partial charge is 0.255 e. The molecule has 26 heavy (non-hydrogen) atoms. The predicted molar refractivity (Wildman–Crippen MR) is 101 cm³/mol. The van der Waals surface area contributed by atoms with E-state index >= 15 is 0 Å². The summed E-state index contributed by atoms with van der Waals surface area (Å²) in [5.74, 6) is 0.890. The highest BCUT2D eigenvalue weighted by molar-refractivity contribution is 6.35. The number of aromatic nitrogens is 1. The summed E-state index contributed by atoms with van der Waals surface area (Å²) in [6.07, 6.45) is 2.44. The third kappa shape index (κ3) is 3.20. The number of halogens is 1. The van der Waals surface area contributed by atoms with Crippen molar-refractivity contribution in [2.75, 3.05) is 26.3 Å². The van der Waals surface area contributed by atoms with Gasteiger partial charge >= 0.3 is 0 Å². The second-order valence-corrected chi connectivity index (χ2v) is 6.69. The number of furan rings is 1. The van der Waals surface area contributed by atoms with Crippen molar-refractivity contribution in [2.24, 2.45) is 0 Å². The number of benzene rings is 1. The molecule has 0 spiro atoms. The highest BCUT2D eigenvalue weighted by Crippen LogP contribution is 2.32. The van der Waals surface area contributed by atoms with E-state index < -0.39 is 0 Å². The first kappa shape index (κ1) is 17.1. The molecule has 3 aromatic rings. The second kappa shape index (κ2) is 7.09. The van der Waals surface area contributed by atoms with Gasteiger partial charge in [0.1, 0.15) is 5.76 Å². The van der Waals surface area contributed by atoms with E-state index in [9.17, 15) is 4.79 Å². The Morgan fingerprint density at radius 2 is 2.04 bits per heavy atom. The van der Waals surface area contributed by atoms with Crippen molar-refractivity contribution in [1.29, 1.82) is 0 Å². The van der Waals surface area contributed by atoms with E-state index in [1.165, 1.54) is 0 Å². The van der Waals surface area contributed by atoms with Crippen molar-refractivity contribution in [3.05, 3.63) is 52.9 Å². The molecule has 0 bridgehead atoms. The Bertz CT molecular complexity index is 944. The summed E-state index contributed by atoms with van der Waals surface area (Å²) < 4.78 is 11.0. The molecular formula is C20H19ClN2O3. The molecule has 6 heteroatoms. The number of amides is 1. The van der Waals surface area contributed by atoms with E-state index in [2.05, 4.69) is 4.98 Å². The van der Waals surface area contributed by atoms with Gasteiger partial charge in [0.2, 0.25) is 0 Å². The van der Waals surface area contributed by atoms with Crippen molar-refractivity contribution in [3.8, 4) is 11.3 Å². The molecule has 1 aromatic carbocycles. The van der Waals surface area contributed by atoms with Crippen LogP contribution in [0, 0.1) is 0 Å².